The predicted octanol–water partition coefficient (Wildman–Crippen LogP) is 2.57. The van der Waals surface area contributed by atoms with Gasteiger partial charge in [0, 0.05) is 4.88 Å². The first-order chi connectivity index (χ1) is 10.1. The number of aryl methyl sites for hydroxylation is 2. The van der Waals surface area contributed by atoms with Gasteiger partial charge in [0.15, 0.2) is 9.47 Å². The first kappa shape index (κ1) is 14.7. The van der Waals surface area contributed by atoms with Crippen molar-refractivity contribution in [2.45, 2.75) is 42.2 Å². The number of thioether (sulfide) groups is 1. The highest BCUT2D eigenvalue weighted by atomic mass is 32.2. The average molecular weight is 341 g/mol. The first-order valence-corrected chi connectivity index (χ1v) is 9.18. The van der Waals surface area contributed by atoms with Crippen LogP contribution in [-0.2, 0) is 17.6 Å². The van der Waals surface area contributed by atoms with Gasteiger partial charge in [-0.2, -0.15) is 0 Å². The number of hydrogen-bond acceptors (Lipinski definition) is 8. The van der Waals surface area contributed by atoms with E-state index in [4.69, 9.17) is 5.73 Å². The topological polar surface area (TPSA) is 93.8 Å². The minimum atomic E-state index is -0.265. The summed E-state index contributed by atoms with van der Waals surface area (Å²) in [5.41, 5.74) is 6.68. The number of nitrogens with one attached hydrogen (secondary N) is 1. The summed E-state index contributed by atoms with van der Waals surface area (Å²) in [6.45, 7) is 1.84. The van der Waals surface area contributed by atoms with Gasteiger partial charge < -0.3 is 11.1 Å². The molecule has 6 nitrogen and oxygen atoms in total. The SMILES string of the molecule is C[C@@H](Sc1nnc(N)s1)C(=O)Nc1nc2c(s1)CCCC2. The minimum Gasteiger partial charge on any atom is -0.374 e. The molecule has 1 aliphatic rings. The monoisotopic (exact) mass is 341 g/mol. The molecule has 2 aromatic heterocycles. The second kappa shape index (κ2) is 6.29. The van der Waals surface area contributed by atoms with Crippen molar-refractivity contribution < 1.29 is 4.79 Å². The molecule has 0 saturated heterocycles. The summed E-state index contributed by atoms with van der Waals surface area (Å²) < 4.78 is 0.702. The molecule has 3 N–H and O–H groups in total. The van der Waals surface area contributed by atoms with Crippen LogP contribution in [0.5, 0.6) is 0 Å². The van der Waals surface area contributed by atoms with Gasteiger partial charge in [-0.3, -0.25) is 4.79 Å². The van der Waals surface area contributed by atoms with Gasteiger partial charge in [-0.05, 0) is 32.6 Å². The Morgan fingerprint density at radius 1 is 1.33 bits per heavy atom. The van der Waals surface area contributed by atoms with Crippen LogP contribution in [0.1, 0.15) is 30.3 Å². The Labute approximate surface area is 134 Å². The number of carbonyl (C=O) groups is 1. The zero-order valence-electron chi connectivity index (χ0n) is 11.5. The van der Waals surface area contributed by atoms with E-state index in [1.54, 1.807) is 11.3 Å². The highest BCUT2D eigenvalue weighted by Gasteiger charge is 2.20. The minimum absolute atomic E-state index is 0.0696. The van der Waals surface area contributed by atoms with Crippen molar-refractivity contribution >= 4 is 50.6 Å². The Balaban J connectivity index is 1.61. The van der Waals surface area contributed by atoms with Gasteiger partial charge >= 0.3 is 0 Å². The summed E-state index contributed by atoms with van der Waals surface area (Å²) in [6, 6.07) is 0. The van der Waals surface area contributed by atoms with Gasteiger partial charge in [0.05, 0.1) is 10.9 Å². The van der Waals surface area contributed by atoms with Crippen molar-refractivity contribution in [2.24, 2.45) is 0 Å². The number of hydrogen-bond donors (Lipinski definition) is 2. The largest absolute Gasteiger partial charge is 0.374 e. The number of amides is 1. The van der Waals surface area contributed by atoms with Crippen LogP contribution in [0.25, 0.3) is 0 Å². The molecule has 0 fully saturated rings. The Morgan fingerprint density at radius 3 is 2.86 bits per heavy atom. The number of aromatic nitrogens is 3. The van der Waals surface area contributed by atoms with Crippen LogP contribution >= 0.6 is 34.4 Å². The molecule has 0 saturated carbocycles. The summed E-state index contributed by atoms with van der Waals surface area (Å²) >= 11 is 4.24. The van der Waals surface area contributed by atoms with E-state index in [1.807, 2.05) is 6.92 Å². The summed E-state index contributed by atoms with van der Waals surface area (Å²) in [7, 11) is 0. The van der Waals surface area contributed by atoms with Crippen molar-refractivity contribution in [1.82, 2.24) is 15.2 Å². The molecule has 21 heavy (non-hydrogen) atoms. The second-order valence-electron chi connectivity index (χ2n) is 4.75. The summed E-state index contributed by atoms with van der Waals surface area (Å²) in [4.78, 5) is 18.0. The van der Waals surface area contributed by atoms with Crippen LogP contribution in [0.2, 0.25) is 0 Å². The van der Waals surface area contributed by atoms with Gasteiger partial charge in [0.1, 0.15) is 0 Å². The Kier molecular flexibility index (Phi) is 4.41. The third kappa shape index (κ3) is 3.53. The van der Waals surface area contributed by atoms with Crippen LogP contribution in [0.3, 0.4) is 0 Å². The molecule has 0 aliphatic heterocycles. The number of nitrogen functional groups attached to an aromatic ring is 1. The maximum atomic E-state index is 12.2. The molecule has 9 heteroatoms. The van der Waals surface area contributed by atoms with E-state index in [-0.39, 0.29) is 11.2 Å². The third-order valence-corrected chi connectivity index (χ3v) is 6.15. The smallest absolute Gasteiger partial charge is 0.239 e. The zero-order chi connectivity index (χ0) is 14.8. The number of thiazole rings is 1. The van der Waals surface area contributed by atoms with Gasteiger partial charge in [0.2, 0.25) is 11.0 Å². The molecule has 0 aromatic carbocycles. The van der Waals surface area contributed by atoms with E-state index >= 15 is 0 Å². The maximum Gasteiger partial charge on any atom is 0.239 e. The molecule has 112 valence electrons. The van der Waals surface area contributed by atoms with Crippen molar-refractivity contribution in [2.75, 3.05) is 11.1 Å². The fraction of sp³-hybridized carbons (Fsp3) is 0.500. The van der Waals surface area contributed by atoms with E-state index in [1.165, 1.54) is 40.8 Å². The van der Waals surface area contributed by atoms with Crippen LogP contribution in [0.4, 0.5) is 10.3 Å². The summed E-state index contributed by atoms with van der Waals surface area (Å²) in [6.07, 6.45) is 4.51. The average Bonchev–Trinajstić information content (AvgIpc) is 3.04. The lowest BCUT2D eigenvalue weighted by Gasteiger charge is -2.07. The van der Waals surface area contributed by atoms with Gasteiger partial charge in [-0.25, -0.2) is 4.98 Å². The van der Waals surface area contributed by atoms with Gasteiger partial charge in [-0.1, -0.05) is 23.1 Å². The van der Waals surface area contributed by atoms with Crippen LogP contribution < -0.4 is 11.1 Å². The lowest BCUT2D eigenvalue weighted by Crippen LogP contribution is -2.22. The molecule has 1 atom stereocenters. The van der Waals surface area contributed by atoms with E-state index in [0.717, 1.165) is 18.5 Å². The Bertz CT molecular complexity index is 630. The fourth-order valence-corrected chi connectivity index (χ4v) is 4.92. The highest BCUT2D eigenvalue weighted by molar-refractivity contribution is 8.02. The molecule has 0 spiro atoms. The standard InChI is InChI=1S/C12H15N5OS3/c1-6(19-12-17-16-10(13)21-12)9(18)15-11-14-7-4-2-3-5-8(7)20-11/h6H,2-5H2,1H3,(H2,13,16)(H,14,15,18)/t6-/m1/s1. The summed E-state index contributed by atoms with van der Waals surface area (Å²) in [5.74, 6) is -0.0696. The number of anilines is 2. The number of fused-ring (bicyclic) bond motifs is 1. The predicted molar refractivity (Wildman–Crippen MR) is 87.0 cm³/mol. The fourth-order valence-electron chi connectivity index (χ4n) is 2.09. The van der Waals surface area contributed by atoms with Crippen molar-refractivity contribution in [3.63, 3.8) is 0 Å². The first-order valence-electron chi connectivity index (χ1n) is 6.67. The molecule has 1 amide bonds. The molecule has 3 rings (SSSR count). The zero-order valence-corrected chi connectivity index (χ0v) is 13.9. The molecule has 2 heterocycles. The number of rotatable bonds is 4. The third-order valence-electron chi connectivity index (χ3n) is 3.14. The lowest BCUT2D eigenvalue weighted by molar-refractivity contribution is -0.115. The molecule has 1 aliphatic carbocycles. The van der Waals surface area contributed by atoms with Crippen LogP contribution in [0, 0.1) is 0 Å². The van der Waals surface area contributed by atoms with Crippen molar-refractivity contribution in [1.29, 1.82) is 0 Å². The van der Waals surface area contributed by atoms with Crippen molar-refractivity contribution in [3.8, 4) is 0 Å². The van der Waals surface area contributed by atoms with Crippen LogP contribution in [-0.4, -0.2) is 26.3 Å². The Morgan fingerprint density at radius 2 is 2.14 bits per heavy atom. The van der Waals surface area contributed by atoms with E-state index in [2.05, 4.69) is 20.5 Å². The second-order valence-corrected chi connectivity index (χ2v) is 8.43. The Hall–Kier alpha value is -1.19. The molecular weight excluding hydrogens is 326 g/mol. The normalized spacial score (nSPS) is 15.5. The quantitative estimate of drug-likeness (QED) is 0.830. The van der Waals surface area contributed by atoms with Gasteiger partial charge in [0.25, 0.3) is 0 Å². The molecule has 0 unspecified atom stereocenters. The molecular formula is C12H15N5OS3. The number of nitrogens with zero attached hydrogens (tertiary/aromatic N) is 3. The van der Waals surface area contributed by atoms with Gasteiger partial charge in [-0.15, -0.1) is 21.5 Å². The van der Waals surface area contributed by atoms with E-state index < -0.39 is 0 Å². The number of nitrogens with two attached hydrogens (primary N) is 1. The number of carbonyl (C=O) groups excluding carboxylic acids is 1. The van der Waals surface area contributed by atoms with Crippen molar-refractivity contribution in [3.05, 3.63) is 10.6 Å². The highest BCUT2D eigenvalue weighted by Crippen LogP contribution is 2.31. The lowest BCUT2D eigenvalue weighted by atomic mass is 10.0. The molecule has 0 radical (unpaired) electrons. The van der Waals surface area contributed by atoms with Crippen LogP contribution in [0.15, 0.2) is 4.34 Å². The van der Waals surface area contributed by atoms with E-state index in [9.17, 15) is 4.79 Å². The molecule has 2 aromatic rings. The van der Waals surface area contributed by atoms with E-state index in [0.29, 0.717) is 14.6 Å². The summed E-state index contributed by atoms with van der Waals surface area (Å²) in [5, 5.41) is 11.4. The molecule has 0 bridgehead atoms. The maximum absolute atomic E-state index is 12.2.